The van der Waals surface area contributed by atoms with Crippen LogP contribution in [0, 0.1) is 0 Å². The number of rotatable bonds is 7. The standard InChI is InChI=1S/C11H22N2O/c1-5-9-10(12-11(14)6-2)13(7-3)8-4/h6,10H,2,5,7-9H2,1,3-4H3,(H,12,14). The number of amides is 1. The molecule has 0 saturated heterocycles. The van der Waals surface area contributed by atoms with Gasteiger partial charge in [-0.25, -0.2) is 0 Å². The van der Waals surface area contributed by atoms with Gasteiger partial charge >= 0.3 is 0 Å². The van der Waals surface area contributed by atoms with E-state index in [1.165, 1.54) is 6.08 Å². The third kappa shape index (κ3) is 4.42. The van der Waals surface area contributed by atoms with Crippen LogP contribution in [-0.2, 0) is 4.79 Å². The van der Waals surface area contributed by atoms with Crippen molar-refractivity contribution in [2.45, 2.75) is 39.8 Å². The molecule has 1 atom stereocenters. The first-order valence-electron chi connectivity index (χ1n) is 5.36. The van der Waals surface area contributed by atoms with Crippen LogP contribution >= 0.6 is 0 Å². The van der Waals surface area contributed by atoms with E-state index in [1.807, 2.05) is 0 Å². The number of nitrogens with one attached hydrogen (secondary N) is 1. The fourth-order valence-electron chi connectivity index (χ4n) is 1.51. The predicted molar refractivity (Wildman–Crippen MR) is 60.0 cm³/mol. The molecule has 0 spiro atoms. The summed E-state index contributed by atoms with van der Waals surface area (Å²) in [6, 6.07) is 0. The lowest BCUT2D eigenvalue weighted by Crippen LogP contribution is -2.47. The highest BCUT2D eigenvalue weighted by Crippen LogP contribution is 2.03. The summed E-state index contributed by atoms with van der Waals surface area (Å²) in [6.45, 7) is 11.7. The maximum atomic E-state index is 11.2. The van der Waals surface area contributed by atoms with Crippen LogP contribution in [0.25, 0.3) is 0 Å². The van der Waals surface area contributed by atoms with Gasteiger partial charge in [0.2, 0.25) is 5.91 Å². The molecule has 0 bridgehead atoms. The first kappa shape index (κ1) is 13.2. The Hall–Kier alpha value is -0.830. The second kappa shape index (κ2) is 7.56. The van der Waals surface area contributed by atoms with Crippen molar-refractivity contribution in [3.63, 3.8) is 0 Å². The van der Waals surface area contributed by atoms with Gasteiger partial charge in [-0.2, -0.15) is 0 Å². The van der Waals surface area contributed by atoms with Crippen LogP contribution in [0.4, 0.5) is 0 Å². The summed E-state index contributed by atoms with van der Waals surface area (Å²) < 4.78 is 0. The molecule has 82 valence electrons. The smallest absolute Gasteiger partial charge is 0.244 e. The summed E-state index contributed by atoms with van der Waals surface area (Å²) in [5, 5.41) is 2.94. The summed E-state index contributed by atoms with van der Waals surface area (Å²) in [7, 11) is 0. The van der Waals surface area contributed by atoms with Gasteiger partial charge in [0.15, 0.2) is 0 Å². The average molecular weight is 198 g/mol. The molecule has 0 aliphatic carbocycles. The molecule has 3 heteroatoms. The zero-order valence-electron chi connectivity index (χ0n) is 9.55. The van der Waals surface area contributed by atoms with Crippen molar-refractivity contribution < 1.29 is 4.79 Å². The molecule has 0 aromatic heterocycles. The van der Waals surface area contributed by atoms with Crippen molar-refractivity contribution in [3.05, 3.63) is 12.7 Å². The fraction of sp³-hybridized carbons (Fsp3) is 0.727. The van der Waals surface area contributed by atoms with Crippen LogP contribution in [0.2, 0.25) is 0 Å². The van der Waals surface area contributed by atoms with Crippen molar-refractivity contribution in [2.75, 3.05) is 13.1 Å². The van der Waals surface area contributed by atoms with E-state index in [0.717, 1.165) is 25.9 Å². The Morgan fingerprint density at radius 2 is 2.00 bits per heavy atom. The van der Waals surface area contributed by atoms with E-state index in [9.17, 15) is 4.79 Å². The highest BCUT2D eigenvalue weighted by molar-refractivity contribution is 5.87. The first-order chi connectivity index (χ1) is 6.69. The van der Waals surface area contributed by atoms with Crippen molar-refractivity contribution in [1.29, 1.82) is 0 Å². The van der Waals surface area contributed by atoms with Gasteiger partial charge in [0.25, 0.3) is 0 Å². The number of carbonyl (C=O) groups is 1. The van der Waals surface area contributed by atoms with Crippen LogP contribution in [0.3, 0.4) is 0 Å². The molecule has 0 aliphatic heterocycles. The molecule has 1 amide bonds. The SMILES string of the molecule is C=CC(=O)NC(CCC)N(CC)CC. The highest BCUT2D eigenvalue weighted by Gasteiger charge is 2.15. The Kier molecular flexibility index (Phi) is 7.11. The van der Waals surface area contributed by atoms with Gasteiger partial charge in [0.1, 0.15) is 0 Å². The fourth-order valence-corrected chi connectivity index (χ4v) is 1.51. The predicted octanol–water partition coefficient (Wildman–Crippen LogP) is 1.76. The van der Waals surface area contributed by atoms with Crippen molar-refractivity contribution in [1.82, 2.24) is 10.2 Å². The number of carbonyl (C=O) groups excluding carboxylic acids is 1. The molecule has 0 heterocycles. The number of hydrogen-bond acceptors (Lipinski definition) is 2. The quantitative estimate of drug-likeness (QED) is 0.499. The van der Waals surface area contributed by atoms with Gasteiger partial charge in [-0.05, 0) is 25.6 Å². The van der Waals surface area contributed by atoms with Crippen LogP contribution in [0.15, 0.2) is 12.7 Å². The van der Waals surface area contributed by atoms with Gasteiger partial charge < -0.3 is 5.32 Å². The molecule has 14 heavy (non-hydrogen) atoms. The Bertz CT molecular complexity index is 176. The summed E-state index contributed by atoms with van der Waals surface area (Å²) >= 11 is 0. The lowest BCUT2D eigenvalue weighted by molar-refractivity contribution is -0.118. The Morgan fingerprint density at radius 1 is 1.43 bits per heavy atom. The van der Waals surface area contributed by atoms with Gasteiger partial charge in [-0.3, -0.25) is 9.69 Å². The summed E-state index contributed by atoms with van der Waals surface area (Å²) in [5.41, 5.74) is 0. The van der Waals surface area contributed by atoms with Crippen molar-refractivity contribution >= 4 is 5.91 Å². The van der Waals surface area contributed by atoms with Gasteiger partial charge in [-0.15, -0.1) is 0 Å². The molecule has 0 aromatic carbocycles. The number of nitrogens with zero attached hydrogens (tertiary/aromatic N) is 1. The molecule has 0 radical (unpaired) electrons. The van der Waals surface area contributed by atoms with Crippen molar-refractivity contribution in [2.24, 2.45) is 0 Å². The largest absolute Gasteiger partial charge is 0.337 e. The zero-order chi connectivity index (χ0) is 11.0. The van der Waals surface area contributed by atoms with E-state index in [4.69, 9.17) is 0 Å². The second-order valence-electron chi connectivity index (χ2n) is 3.24. The molecule has 0 saturated carbocycles. The zero-order valence-corrected chi connectivity index (χ0v) is 9.55. The topological polar surface area (TPSA) is 32.3 Å². The minimum Gasteiger partial charge on any atom is -0.337 e. The summed E-state index contributed by atoms with van der Waals surface area (Å²) in [6.07, 6.45) is 3.53. The third-order valence-electron chi connectivity index (χ3n) is 2.31. The molecule has 0 aliphatic rings. The Morgan fingerprint density at radius 3 is 2.36 bits per heavy atom. The van der Waals surface area contributed by atoms with Crippen molar-refractivity contribution in [3.8, 4) is 0 Å². The van der Waals surface area contributed by atoms with E-state index in [2.05, 4.69) is 37.6 Å². The molecular formula is C11H22N2O. The monoisotopic (exact) mass is 198 g/mol. The Labute approximate surface area is 87.2 Å². The lowest BCUT2D eigenvalue weighted by atomic mass is 10.2. The van der Waals surface area contributed by atoms with E-state index < -0.39 is 0 Å². The van der Waals surface area contributed by atoms with E-state index in [0.29, 0.717) is 0 Å². The summed E-state index contributed by atoms with van der Waals surface area (Å²) in [5.74, 6) is -0.0876. The minimum atomic E-state index is -0.0876. The lowest BCUT2D eigenvalue weighted by Gasteiger charge is -2.29. The molecule has 0 rings (SSSR count). The van der Waals surface area contributed by atoms with Crippen LogP contribution in [0.1, 0.15) is 33.6 Å². The molecule has 1 N–H and O–H groups in total. The van der Waals surface area contributed by atoms with E-state index in [1.54, 1.807) is 0 Å². The molecule has 3 nitrogen and oxygen atoms in total. The Balaban J connectivity index is 4.24. The van der Waals surface area contributed by atoms with Crippen LogP contribution in [-0.4, -0.2) is 30.1 Å². The molecule has 0 fully saturated rings. The molecule has 1 unspecified atom stereocenters. The minimum absolute atomic E-state index is 0.0876. The second-order valence-corrected chi connectivity index (χ2v) is 3.24. The van der Waals surface area contributed by atoms with Gasteiger partial charge in [0, 0.05) is 0 Å². The molecule has 0 aromatic rings. The normalized spacial score (nSPS) is 12.6. The van der Waals surface area contributed by atoms with E-state index in [-0.39, 0.29) is 12.1 Å². The maximum absolute atomic E-state index is 11.2. The van der Waals surface area contributed by atoms with Crippen LogP contribution in [0.5, 0.6) is 0 Å². The van der Waals surface area contributed by atoms with Crippen LogP contribution < -0.4 is 5.32 Å². The maximum Gasteiger partial charge on any atom is 0.244 e. The van der Waals surface area contributed by atoms with Gasteiger partial charge in [-0.1, -0.05) is 33.8 Å². The van der Waals surface area contributed by atoms with E-state index >= 15 is 0 Å². The average Bonchev–Trinajstić information content (AvgIpc) is 2.19. The van der Waals surface area contributed by atoms with Gasteiger partial charge in [0.05, 0.1) is 6.17 Å². The number of hydrogen-bond donors (Lipinski definition) is 1. The summed E-state index contributed by atoms with van der Waals surface area (Å²) in [4.78, 5) is 13.4. The molecular weight excluding hydrogens is 176 g/mol. The third-order valence-corrected chi connectivity index (χ3v) is 2.31. The highest BCUT2D eigenvalue weighted by atomic mass is 16.1. The first-order valence-corrected chi connectivity index (χ1v) is 5.36.